The Hall–Kier alpha value is -0.940. The van der Waals surface area contributed by atoms with Crippen LogP contribution in [0.5, 0.6) is 0 Å². The zero-order valence-corrected chi connectivity index (χ0v) is 13.4. The fraction of sp³-hybridized carbons (Fsp3) is 0.733. The molecule has 1 aliphatic heterocycles. The van der Waals surface area contributed by atoms with Crippen LogP contribution in [0, 0.1) is 12.8 Å². The Morgan fingerprint density at radius 1 is 1.55 bits per heavy atom. The molecule has 1 aliphatic rings. The van der Waals surface area contributed by atoms with E-state index in [4.69, 9.17) is 4.74 Å². The van der Waals surface area contributed by atoms with Crippen LogP contribution in [0.25, 0.3) is 0 Å². The lowest BCUT2D eigenvalue weighted by Gasteiger charge is -2.36. The second kappa shape index (κ2) is 6.68. The van der Waals surface area contributed by atoms with Gasteiger partial charge in [-0.25, -0.2) is 4.98 Å². The average molecular weight is 296 g/mol. The summed E-state index contributed by atoms with van der Waals surface area (Å²) in [6, 6.07) is 0. The second-order valence-corrected chi connectivity index (χ2v) is 6.61. The summed E-state index contributed by atoms with van der Waals surface area (Å²) >= 11 is 1.64. The van der Waals surface area contributed by atoms with E-state index in [0.717, 1.165) is 30.0 Å². The molecular formula is C15H24N2O2S. The molecule has 0 saturated carbocycles. The van der Waals surface area contributed by atoms with E-state index in [-0.39, 0.29) is 11.4 Å². The van der Waals surface area contributed by atoms with Crippen molar-refractivity contribution in [3.63, 3.8) is 0 Å². The van der Waals surface area contributed by atoms with Crippen LogP contribution in [0.1, 0.15) is 50.2 Å². The molecule has 1 fully saturated rings. The predicted molar refractivity (Wildman–Crippen MR) is 80.8 cm³/mol. The lowest BCUT2D eigenvalue weighted by molar-refractivity contribution is -0.125. The van der Waals surface area contributed by atoms with Gasteiger partial charge in [0.2, 0.25) is 5.91 Å². The Labute approximate surface area is 124 Å². The molecule has 1 N–H and O–H groups in total. The molecule has 1 aromatic heterocycles. The van der Waals surface area contributed by atoms with Crippen molar-refractivity contribution in [2.75, 3.05) is 13.2 Å². The third-order valence-electron chi connectivity index (χ3n) is 3.98. The fourth-order valence-corrected chi connectivity index (χ4v) is 3.48. The highest BCUT2D eigenvalue weighted by molar-refractivity contribution is 7.09. The van der Waals surface area contributed by atoms with Crippen LogP contribution in [0.15, 0.2) is 5.38 Å². The van der Waals surface area contributed by atoms with E-state index < -0.39 is 0 Å². The normalized spacial score (nSPS) is 19.6. The van der Waals surface area contributed by atoms with Gasteiger partial charge in [0.15, 0.2) is 0 Å². The number of carbonyl (C=O) groups excluding carboxylic acids is 1. The van der Waals surface area contributed by atoms with Crippen LogP contribution in [0.2, 0.25) is 0 Å². The minimum Gasteiger partial charge on any atom is -0.381 e. The third kappa shape index (κ3) is 3.58. The van der Waals surface area contributed by atoms with Gasteiger partial charge < -0.3 is 10.1 Å². The maximum absolute atomic E-state index is 12.3. The van der Waals surface area contributed by atoms with E-state index >= 15 is 0 Å². The van der Waals surface area contributed by atoms with Crippen molar-refractivity contribution >= 4 is 17.2 Å². The Morgan fingerprint density at radius 3 is 2.80 bits per heavy atom. The van der Waals surface area contributed by atoms with Crippen molar-refractivity contribution in [2.45, 2.75) is 52.0 Å². The van der Waals surface area contributed by atoms with Gasteiger partial charge in [-0.3, -0.25) is 4.79 Å². The molecule has 0 aliphatic carbocycles. The average Bonchev–Trinajstić information content (AvgIpc) is 2.86. The predicted octanol–water partition coefficient (Wildman–Crippen LogP) is 3.01. The summed E-state index contributed by atoms with van der Waals surface area (Å²) in [7, 11) is 0. The quantitative estimate of drug-likeness (QED) is 0.908. The topological polar surface area (TPSA) is 51.2 Å². The highest BCUT2D eigenvalue weighted by atomic mass is 32.1. The van der Waals surface area contributed by atoms with Gasteiger partial charge in [-0.15, -0.1) is 11.3 Å². The molecule has 0 unspecified atom stereocenters. The van der Waals surface area contributed by atoms with Gasteiger partial charge in [-0.05, 0) is 12.8 Å². The molecule has 4 nitrogen and oxygen atoms in total. The first-order valence-electron chi connectivity index (χ1n) is 7.37. The molecule has 0 aromatic carbocycles. The number of hydrogen-bond acceptors (Lipinski definition) is 4. The number of carbonyl (C=O) groups is 1. The van der Waals surface area contributed by atoms with E-state index in [2.05, 4.69) is 24.1 Å². The van der Waals surface area contributed by atoms with E-state index in [0.29, 0.717) is 25.6 Å². The van der Waals surface area contributed by atoms with E-state index in [1.165, 1.54) is 0 Å². The zero-order chi connectivity index (χ0) is 14.6. The highest BCUT2D eigenvalue weighted by Crippen LogP contribution is 2.34. The van der Waals surface area contributed by atoms with Crippen molar-refractivity contribution in [3.05, 3.63) is 16.1 Å². The summed E-state index contributed by atoms with van der Waals surface area (Å²) in [6.07, 6.45) is 3.24. The van der Waals surface area contributed by atoms with E-state index in [1.807, 2.05) is 12.3 Å². The summed E-state index contributed by atoms with van der Waals surface area (Å²) in [5.41, 5.74) is 0.703. The Morgan fingerprint density at radius 2 is 2.25 bits per heavy atom. The Bertz CT molecular complexity index is 452. The van der Waals surface area contributed by atoms with Crippen molar-refractivity contribution in [1.29, 1.82) is 0 Å². The zero-order valence-electron chi connectivity index (χ0n) is 12.6. The van der Waals surface area contributed by atoms with Gasteiger partial charge >= 0.3 is 0 Å². The minimum absolute atomic E-state index is 0.133. The summed E-state index contributed by atoms with van der Waals surface area (Å²) < 4.78 is 5.46. The SMILES string of the molecule is CC[C@@H](C)CC(=O)NC1(c2nc(C)cs2)CCOCC1. The standard InChI is InChI=1S/C15H24N2O2S/c1-4-11(2)9-13(18)17-15(5-7-19-8-6-15)14-16-12(3)10-20-14/h10-11H,4-9H2,1-3H3,(H,17,18)/t11-/m1/s1. The van der Waals surface area contributed by atoms with Crippen LogP contribution in [-0.4, -0.2) is 24.1 Å². The van der Waals surface area contributed by atoms with Crippen molar-refractivity contribution in [2.24, 2.45) is 5.92 Å². The van der Waals surface area contributed by atoms with E-state index in [9.17, 15) is 4.79 Å². The number of amides is 1. The molecular weight excluding hydrogens is 272 g/mol. The first-order chi connectivity index (χ1) is 9.55. The number of nitrogens with one attached hydrogen (secondary N) is 1. The molecule has 1 saturated heterocycles. The first-order valence-corrected chi connectivity index (χ1v) is 8.25. The number of aryl methyl sites for hydroxylation is 1. The number of rotatable bonds is 5. The largest absolute Gasteiger partial charge is 0.381 e. The summed E-state index contributed by atoms with van der Waals surface area (Å²) in [6.45, 7) is 7.59. The Kier molecular flexibility index (Phi) is 5.16. The third-order valence-corrected chi connectivity index (χ3v) is 5.15. The lowest BCUT2D eigenvalue weighted by atomic mass is 9.90. The molecule has 0 bridgehead atoms. The van der Waals surface area contributed by atoms with Gasteiger partial charge in [0.1, 0.15) is 5.01 Å². The second-order valence-electron chi connectivity index (χ2n) is 5.75. The van der Waals surface area contributed by atoms with Gasteiger partial charge in [-0.1, -0.05) is 20.3 Å². The number of ether oxygens (including phenoxy) is 1. The van der Waals surface area contributed by atoms with Gasteiger partial charge in [0.05, 0.1) is 5.54 Å². The molecule has 1 aromatic rings. The number of nitrogens with zero attached hydrogens (tertiary/aromatic N) is 1. The van der Waals surface area contributed by atoms with E-state index in [1.54, 1.807) is 11.3 Å². The molecule has 5 heteroatoms. The molecule has 2 rings (SSSR count). The number of hydrogen-bond donors (Lipinski definition) is 1. The summed E-state index contributed by atoms with van der Waals surface area (Å²) in [5, 5.41) is 6.33. The highest BCUT2D eigenvalue weighted by Gasteiger charge is 2.38. The number of thiazole rings is 1. The van der Waals surface area contributed by atoms with Gasteiger partial charge in [-0.2, -0.15) is 0 Å². The molecule has 20 heavy (non-hydrogen) atoms. The summed E-state index contributed by atoms with van der Waals surface area (Å²) in [4.78, 5) is 16.9. The van der Waals surface area contributed by atoms with Crippen LogP contribution < -0.4 is 5.32 Å². The fourth-order valence-electron chi connectivity index (χ4n) is 2.46. The van der Waals surface area contributed by atoms with Gasteiger partial charge in [0.25, 0.3) is 0 Å². The smallest absolute Gasteiger partial charge is 0.221 e. The Balaban J connectivity index is 2.13. The molecule has 0 radical (unpaired) electrons. The van der Waals surface area contributed by atoms with Crippen LogP contribution in [0.3, 0.4) is 0 Å². The molecule has 1 atom stereocenters. The first kappa shape index (κ1) is 15.4. The van der Waals surface area contributed by atoms with Crippen LogP contribution >= 0.6 is 11.3 Å². The van der Waals surface area contributed by atoms with Crippen LogP contribution in [0.4, 0.5) is 0 Å². The van der Waals surface area contributed by atoms with Gasteiger partial charge in [0, 0.05) is 43.6 Å². The number of aromatic nitrogens is 1. The summed E-state index contributed by atoms with van der Waals surface area (Å²) in [5.74, 6) is 0.555. The maximum Gasteiger partial charge on any atom is 0.221 e. The molecule has 1 amide bonds. The van der Waals surface area contributed by atoms with Crippen molar-refractivity contribution in [1.82, 2.24) is 10.3 Å². The van der Waals surface area contributed by atoms with Crippen LogP contribution in [-0.2, 0) is 15.1 Å². The lowest BCUT2D eigenvalue weighted by Crippen LogP contribution is -2.49. The monoisotopic (exact) mass is 296 g/mol. The molecule has 112 valence electrons. The van der Waals surface area contributed by atoms with Crippen molar-refractivity contribution in [3.8, 4) is 0 Å². The minimum atomic E-state index is -0.318. The van der Waals surface area contributed by atoms with Crippen molar-refractivity contribution < 1.29 is 9.53 Å². The maximum atomic E-state index is 12.3. The molecule has 0 spiro atoms. The molecule has 2 heterocycles.